The molecule has 1 aliphatic heterocycles. The molecule has 174 valence electrons. The summed E-state index contributed by atoms with van der Waals surface area (Å²) in [5.41, 5.74) is 1.14. The number of hydrogen-bond acceptors (Lipinski definition) is 7. The van der Waals surface area contributed by atoms with Crippen LogP contribution >= 0.6 is 0 Å². The van der Waals surface area contributed by atoms with Crippen LogP contribution in [0.15, 0.2) is 43.2 Å². The highest BCUT2D eigenvalue weighted by Gasteiger charge is 2.32. The zero-order valence-corrected chi connectivity index (χ0v) is 17.7. The van der Waals surface area contributed by atoms with Gasteiger partial charge >= 0.3 is 6.18 Å². The molecule has 33 heavy (non-hydrogen) atoms. The summed E-state index contributed by atoms with van der Waals surface area (Å²) in [4.78, 5) is 25.6. The highest BCUT2D eigenvalue weighted by atomic mass is 19.4. The highest BCUT2D eigenvalue weighted by Crippen LogP contribution is 2.29. The topological polar surface area (TPSA) is 108 Å². The van der Waals surface area contributed by atoms with E-state index in [0.717, 1.165) is 17.9 Å². The van der Waals surface area contributed by atoms with Gasteiger partial charge in [-0.05, 0) is 30.7 Å². The molecule has 9 nitrogen and oxygen atoms in total. The van der Waals surface area contributed by atoms with Gasteiger partial charge in [0.1, 0.15) is 0 Å². The molecule has 3 heterocycles. The molecule has 4 rings (SSSR count). The van der Waals surface area contributed by atoms with E-state index in [2.05, 4.69) is 32.2 Å². The number of nitrogens with zero attached hydrogens (tertiary/aromatic N) is 5. The zero-order chi connectivity index (χ0) is 23.8. The van der Waals surface area contributed by atoms with Gasteiger partial charge in [-0.3, -0.25) is 4.79 Å². The zero-order valence-electron chi connectivity index (χ0n) is 17.7. The van der Waals surface area contributed by atoms with Crippen molar-refractivity contribution in [1.29, 1.82) is 0 Å². The second-order valence-corrected chi connectivity index (χ2v) is 7.80. The predicted molar refractivity (Wildman–Crippen MR) is 117 cm³/mol. The number of halogens is 3. The molecule has 12 heteroatoms. The van der Waals surface area contributed by atoms with Gasteiger partial charge < -0.3 is 25.2 Å². The normalized spacial score (nSPS) is 18.9. The number of hydrogen-bond donors (Lipinski definition) is 3. The quantitative estimate of drug-likeness (QED) is 0.501. The van der Waals surface area contributed by atoms with Gasteiger partial charge in [-0.2, -0.15) is 13.2 Å². The number of amides is 1. The number of benzene rings is 1. The van der Waals surface area contributed by atoms with Gasteiger partial charge in [0.15, 0.2) is 0 Å². The number of carbonyl (C=O) groups is 1. The van der Waals surface area contributed by atoms with E-state index >= 15 is 0 Å². The minimum Gasteiger partial charge on any atom is -0.391 e. The number of rotatable bonds is 5. The molecule has 1 aromatic carbocycles. The molecule has 1 fully saturated rings. The van der Waals surface area contributed by atoms with Gasteiger partial charge in [0.2, 0.25) is 17.8 Å². The number of aryl methyl sites for hydroxylation is 1. The number of anilines is 3. The lowest BCUT2D eigenvalue weighted by Crippen LogP contribution is -2.49. The first-order valence-electron chi connectivity index (χ1n) is 10.1. The van der Waals surface area contributed by atoms with Crippen LogP contribution in [0.5, 0.6) is 0 Å². The molecular formula is C21H22F3N7O2. The van der Waals surface area contributed by atoms with Crippen molar-refractivity contribution in [3.63, 3.8) is 0 Å². The van der Waals surface area contributed by atoms with Crippen LogP contribution in [0, 0.1) is 0 Å². The van der Waals surface area contributed by atoms with E-state index in [1.54, 1.807) is 12.1 Å². The molecule has 3 N–H and O–H groups in total. The fourth-order valence-electron chi connectivity index (χ4n) is 3.81. The Morgan fingerprint density at radius 3 is 2.67 bits per heavy atom. The van der Waals surface area contributed by atoms with Crippen molar-refractivity contribution >= 4 is 34.5 Å². The van der Waals surface area contributed by atoms with Crippen LogP contribution in [0.3, 0.4) is 0 Å². The summed E-state index contributed by atoms with van der Waals surface area (Å²) in [6.07, 6.45) is -2.20. The fraction of sp³-hybridized carbons (Fsp3) is 0.333. The molecule has 3 aromatic rings. The fourth-order valence-corrected chi connectivity index (χ4v) is 3.81. The molecule has 0 unspecified atom stereocenters. The van der Waals surface area contributed by atoms with Gasteiger partial charge in [-0.25, -0.2) is 15.0 Å². The average molecular weight is 461 g/mol. The van der Waals surface area contributed by atoms with Crippen LogP contribution < -0.4 is 15.5 Å². The predicted octanol–water partition coefficient (Wildman–Crippen LogP) is 2.56. The van der Waals surface area contributed by atoms with Gasteiger partial charge in [0.05, 0.1) is 22.7 Å². The molecule has 2 atom stereocenters. The molecule has 1 saturated heterocycles. The Kier molecular flexibility index (Phi) is 5.93. The monoisotopic (exact) mass is 461 g/mol. The number of aromatic nitrogens is 4. The smallest absolute Gasteiger partial charge is 0.391 e. The Hall–Kier alpha value is -3.67. The van der Waals surface area contributed by atoms with Crippen LogP contribution in [0.25, 0.3) is 11.0 Å². The highest BCUT2D eigenvalue weighted by molar-refractivity contribution is 6.00. The Balaban J connectivity index is 1.53. The summed E-state index contributed by atoms with van der Waals surface area (Å²) in [6, 6.07) is 5.02. The van der Waals surface area contributed by atoms with E-state index in [9.17, 15) is 23.1 Å². The van der Waals surface area contributed by atoms with Crippen LogP contribution in [0.1, 0.15) is 12.0 Å². The van der Waals surface area contributed by atoms with Gasteiger partial charge in [0.25, 0.3) is 0 Å². The molecule has 0 aliphatic carbocycles. The maximum absolute atomic E-state index is 12.7. The first-order chi connectivity index (χ1) is 15.6. The molecule has 0 radical (unpaired) electrons. The number of piperidine rings is 1. The van der Waals surface area contributed by atoms with Crippen LogP contribution in [0.4, 0.5) is 30.8 Å². The Morgan fingerprint density at radius 2 is 2.00 bits per heavy atom. The number of fused-ring (bicyclic) bond motifs is 1. The molecule has 1 aliphatic rings. The van der Waals surface area contributed by atoms with Crippen molar-refractivity contribution < 1.29 is 23.1 Å². The molecular weight excluding hydrogens is 439 g/mol. The van der Waals surface area contributed by atoms with Crippen molar-refractivity contribution in [3.8, 4) is 0 Å². The lowest BCUT2D eigenvalue weighted by atomic mass is 10.0. The molecule has 2 aromatic heterocycles. The summed E-state index contributed by atoms with van der Waals surface area (Å²) in [6.45, 7) is 4.20. The SMILES string of the molecule is C=CC(=O)Nc1ccc2c(c1)nc(N1C[C@H](O)C[C@@H](Nc3ncc(C(F)(F)F)cn3)C1)n2C. The minimum atomic E-state index is -4.51. The van der Waals surface area contributed by atoms with Crippen LogP contribution in [-0.4, -0.2) is 55.8 Å². The lowest BCUT2D eigenvalue weighted by Gasteiger charge is -2.36. The molecule has 0 saturated carbocycles. The molecule has 1 amide bonds. The number of β-amino-alcohol motifs (C(OH)–C–C–N with tert-alkyl or cyclic N) is 1. The largest absolute Gasteiger partial charge is 0.419 e. The summed E-state index contributed by atoms with van der Waals surface area (Å²) >= 11 is 0. The molecule has 0 bridgehead atoms. The summed E-state index contributed by atoms with van der Waals surface area (Å²) in [7, 11) is 1.84. The Labute approximate surface area is 187 Å². The average Bonchev–Trinajstić information content (AvgIpc) is 3.09. The number of alkyl halides is 3. The minimum absolute atomic E-state index is 0.0506. The van der Waals surface area contributed by atoms with Crippen LogP contribution in [0.2, 0.25) is 0 Å². The maximum atomic E-state index is 12.7. The number of carbonyl (C=O) groups excluding carboxylic acids is 1. The van der Waals surface area contributed by atoms with Crippen molar-refractivity contribution in [3.05, 3.63) is 48.8 Å². The second kappa shape index (κ2) is 8.70. The van der Waals surface area contributed by atoms with Crippen LogP contribution in [-0.2, 0) is 18.0 Å². The van der Waals surface area contributed by atoms with Gasteiger partial charge in [-0.15, -0.1) is 0 Å². The third kappa shape index (κ3) is 4.90. The maximum Gasteiger partial charge on any atom is 0.419 e. The lowest BCUT2D eigenvalue weighted by molar-refractivity contribution is -0.138. The van der Waals surface area contributed by atoms with E-state index in [1.165, 1.54) is 6.08 Å². The summed E-state index contributed by atoms with van der Waals surface area (Å²) < 4.78 is 40.0. The van der Waals surface area contributed by atoms with E-state index in [0.29, 0.717) is 36.7 Å². The number of aliphatic hydroxyl groups is 1. The molecule has 0 spiro atoms. The van der Waals surface area contributed by atoms with E-state index in [-0.39, 0.29) is 17.9 Å². The first-order valence-corrected chi connectivity index (χ1v) is 10.1. The number of nitrogens with one attached hydrogen (secondary N) is 2. The van der Waals surface area contributed by atoms with Crippen molar-refractivity contribution in [2.75, 3.05) is 28.6 Å². The summed E-state index contributed by atoms with van der Waals surface area (Å²) in [5.74, 6) is 0.329. The Morgan fingerprint density at radius 1 is 1.27 bits per heavy atom. The van der Waals surface area contributed by atoms with Gasteiger partial charge in [0, 0.05) is 44.3 Å². The van der Waals surface area contributed by atoms with Crippen molar-refractivity contribution in [1.82, 2.24) is 19.5 Å². The number of aliphatic hydroxyl groups excluding tert-OH is 1. The summed E-state index contributed by atoms with van der Waals surface area (Å²) in [5, 5.41) is 16.1. The van der Waals surface area contributed by atoms with E-state index in [4.69, 9.17) is 0 Å². The van der Waals surface area contributed by atoms with Gasteiger partial charge in [-0.1, -0.05) is 6.58 Å². The third-order valence-corrected chi connectivity index (χ3v) is 5.33. The second-order valence-electron chi connectivity index (χ2n) is 7.80. The van der Waals surface area contributed by atoms with E-state index in [1.807, 2.05) is 22.6 Å². The van der Waals surface area contributed by atoms with Crippen molar-refractivity contribution in [2.45, 2.75) is 24.7 Å². The standard InChI is InChI=1S/C21H22F3N7O2/c1-3-18(33)27-13-4-5-17-16(7-13)29-20(30(17)2)31-10-14(6-15(32)11-31)28-19-25-8-12(9-26-19)21(22,23)24/h3-5,7-9,14-15,32H,1,6,10-11H2,2H3,(H,27,33)(H,25,26,28)/t14-,15-/m1/s1. The first kappa shape index (κ1) is 22.5. The third-order valence-electron chi connectivity index (χ3n) is 5.33. The Bertz CT molecular complexity index is 1180. The van der Waals surface area contributed by atoms with Crippen molar-refractivity contribution in [2.24, 2.45) is 7.05 Å². The van der Waals surface area contributed by atoms with E-state index < -0.39 is 17.8 Å². The number of imidazole rings is 1.